The molecule has 1 aromatic rings. The van der Waals surface area contributed by atoms with Crippen LogP contribution in [-0.4, -0.2) is 16.2 Å². The van der Waals surface area contributed by atoms with Crippen molar-refractivity contribution < 1.29 is 0 Å². The Morgan fingerprint density at radius 2 is 2.50 bits per heavy atom. The van der Waals surface area contributed by atoms with Crippen molar-refractivity contribution in [3.63, 3.8) is 0 Å². The van der Waals surface area contributed by atoms with Gasteiger partial charge in [-0.1, -0.05) is 11.6 Å². The van der Waals surface area contributed by atoms with Crippen molar-refractivity contribution in [2.45, 2.75) is 0 Å². The van der Waals surface area contributed by atoms with Gasteiger partial charge in [0.05, 0.1) is 5.56 Å². The Hall–Kier alpha value is 0.120. The molecule has 0 atom stereocenters. The maximum atomic E-state index is 7.27. The largest absolute Gasteiger partial charge is 0.373 e. The first-order valence-corrected chi connectivity index (χ1v) is 6.82. The van der Waals surface area contributed by atoms with E-state index < -0.39 is 0 Å². The van der Waals surface area contributed by atoms with Crippen LogP contribution in [0.3, 0.4) is 0 Å². The number of rotatable bonds is 3. The fraction of sp³-hybridized carbons (Fsp3) is 0.167. The van der Waals surface area contributed by atoms with Crippen molar-refractivity contribution in [1.29, 1.82) is 5.41 Å². The van der Waals surface area contributed by atoms with Gasteiger partial charge in [0.1, 0.15) is 11.0 Å². The molecule has 0 bridgehead atoms. The van der Waals surface area contributed by atoms with E-state index in [1.165, 1.54) is 9.12 Å². The molecule has 1 rings (SSSR count). The molecule has 0 saturated heterocycles. The van der Waals surface area contributed by atoms with Crippen LogP contribution in [0.4, 0.5) is 5.82 Å². The second kappa shape index (κ2) is 4.38. The maximum Gasteiger partial charge on any atom is 0.131 e. The van der Waals surface area contributed by atoms with Gasteiger partial charge >= 0.3 is 0 Å². The third-order valence-corrected chi connectivity index (χ3v) is 3.33. The number of hydrogen-bond donors (Lipinski definition) is 2. The zero-order valence-electron chi connectivity index (χ0n) is 6.27. The summed E-state index contributed by atoms with van der Waals surface area (Å²) < 4.78 is 1.91. The summed E-state index contributed by atoms with van der Waals surface area (Å²) in [7, 11) is 3.33. The standard InChI is InChI=1S/C6H7ClIN3S/c1-10-6-4(5(7)9)2-3-11(6)12-8/h2-3,9-10H,1H3. The number of aromatic nitrogens is 1. The van der Waals surface area contributed by atoms with E-state index in [1.807, 2.05) is 23.3 Å². The summed E-state index contributed by atoms with van der Waals surface area (Å²) >= 11 is 7.74. The van der Waals surface area contributed by atoms with E-state index in [2.05, 4.69) is 26.5 Å². The molecule has 0 unspecified atom stereocenters. The summed E-state index contributed by atoms with van der Waals surface area (Å²) in [5.74, 6) is 0.856. The lowest BCUT2D eigenvalue weighted by Crippen LogP contribution is -1.99. The van der Waals surface area contributed by atoms with E-state index >= 15 is 0 Å². The molecule has 0 aliphatic rings. The van der Waals surface area contributed by atoms with E-state index in [9.17, 15) is 0 Å². The highest BCUT2D eigenvalue weighted by Gasteiger charge is 2.09. The predicted octanol–water partition coefficient (Wildman–Crippen LogP) is 2.94. The van der Waals surface area contributed by atoms with Crippen LogP contribution in [0.1, 0.15) is 5.56 Å². The van der Waals surface area contributed by atoms with Crippen molar-refractivity contribution in [3.8, 4) is 0 Å². The van der Waals surface area contributed by atoms with E-state index in [0.717, 1.165) is 11.4 Å². The van der Waals surface area contributed by atoms with Gasteiger partial charge in [-0.25, -0.2) is 0 Å². The van der Waals surface area contributed by atoms with E-state index in [0.29, 0.717) is 0 Å². The number of anilines is 1. The maximum absolute atomic E-state index is 7.27. The number of nitrogens with zero attached hydrogens (tertiary/aromatic N) is 1. The van der Waals surface area contributed by atoms with Gasteiger partial charge in [-0.15, -0.1) is 0 Å². The topological polar surface area (TPSA) is 40.8 Å². The average molecular weight is 316 g/mol. The summed E-state index contributed by atoms with van der Waals surface area (Å²) in [4.78, 5) is 0. The highest BCUT2D eigenvalue weighted by atomic mass is 127. The zero-order chi connectivity index (χ0) is 9.14. The Bertz CT molecular complexity index is 299. The van der Waals surface area contributed by atoms with Crippen LogP contribution in [0, 0.1) is 5.41 Å². The molecule has 1 aromatic heterocycles. The van der Waals surface area contributed by atoms with Gasteiger partial charge in [-0.3, -0.25) is 9.38 Å². The van der Waals surface area contributed by atoms with Crippen LogP contribution >= 0.6 is 41.9 Å². The molecule has 0 aromatic carbocycles. The van der Waals surface area contributed by atoms with Gasteiger partial charge in [0.15, 0.2) is 0 Å². The minimum Gasteiger partial charge on any atom is -0.373 e. The monoisotopic (exact) mass is 315 g/mol. The minimum absolute atomic E-state index is 0.0588. The first-order valence-electron chi connectivity index (χ1n) is 3.13. The Kier molecular flexibility index (Phi) is 3.73. The summed E-state index contributed by atoms with van der Waals surface area (Å²) in [6.07, 6.45) is 1.87. The normalized spacial score (nSPS) is 9.92. The predicted molar refractivity (Wildman–Crippen MR) is 63.7 cm³/mol. The Morgan fingerprint density at radius 3 is 2.92 bits per heavy atom. The Morgan fingerprint density at radius 1 is 1.83 bits per heavy atom. The van der Waals surface area contributed by atoms with Crippen LogP contribution in [0.2, 0.25) is 0 Å². The van der Waals surface area contributed by atoms with Crippen LogP contribution in [-0.2, 0) is 0 Å². The second-order valence-electron chi connectivity index (χ2n) is 2.04. The fourth-order valence-electron chi connectivity index (χ4n) is 0.894. The molecular weight excluding hydrogens is 309 g/mol. The first-order chi connectivity index (χ1) is 5.70. The Balaban J connectivity index is 3.13. The van der Waals surface area contributed by atoms with Gasteiger partial charge in [0.2, 0.25) is 0 Å². The lowest BCUT2D eigenvalue weighted by molar-refractivity contribution is 1.27. The van der Waals surface area contributed by atoms with E-state index in [-0.39, 0.29) is 5.17 Å². The SMILES string of the molecule is CNc1c(C(=N)Cl)ccn1SI. The third-order valence-electron chi connectivity index (χ3n) is 1.40. The van der Waals surface area contributed by atoms with Crippen LogP contribution in [0.25, 0.3) is 0 Å². The molecule has 0 spiro atoms. The van der Waals surface area contributed by atoms with Crippen LogP contribution in [0.5, 0.6) is 0 Å². The summed E-state index contributed by atoms with van der Waals surface area (Å²) in [6.45, 7) is 0. The lowest BCUT2D eigenvalue weighted by atomic mass is 10.3. The summed E-state index contributed by atoms with van der Waals surface area (Å²) in [5.41, 5.74) is 0.725. The smallest absolute Gasteiger partial charge is 0.131 e. The van der Waals surface area contributed by atoms with Gasteiger partial charge < -0.3 is 5.32 Å². The van der Waals surface area contributed by atoms with Gasteiger partial charge in [0.25, 0.3) is 0 Å². The molecule has 0 amide bonds. The molecule has 12 heavy (non-hydrogen) atoms. The van der Waals surface area contributed by atoms with Gasteiger partial charge in [-0.2, -0.15) is 0 Å². The van der Waals surface area contributed by atoms with E-state index in [1.54, 1.807) is 0 Å². The summed E-state index contributed by atoms with van der Waals surface area (Å²) in [6, 6.07) is 1.81. The molecule has 6 heteroatoms. The van der Waals surface area contributed by atoms with Gasteiger partial charge in [-0.05, 0) is 6.07 Å². The average Bonchev–Trinajstić information content (AvgIpc) is 2.46. The third kappa shape index (κ3) is 1.89. The molecule has 1 heterocycles. The zero-order valence-corrected chi connectivity index (χ0v) is 10.00. The van der Waals surface area contributed by atoms with Crippen molar-refractivity contribution in [1.82, 2.24) is 3.97 Å². The van der Waals surface area contributed by atoms with Crippen molar-refractivity contribution >= 4 is 52.9 Å². The highest BCUT2D eigenvalue weighted by molar-refractivity contribution is 14.2. The minimum atomic E-state index is 0.0588. The molecular formula is C6H7ClIN3S. The quantitative estimate of drug-likeness (QED) is 0.665. The molecule has 0 aliphatic heterocycles. The molecule has 3 nitrogen and oxygen atoms in total. The van der Waals surface area contributed by atoms with E-state index in [4.69, 9.17) is 17.0 Å². The van der Waals surface area contributed by atoms with Crippen molar-refractivity contribution in [2.24, 2.45) is 0 Å². The molecule has 0 aliphatic carbocycles. The second-order valence-corrected chi connectivity index (χ2v) is 4.13. The van der Waals surface area contributed by atoms with Crippen molar-refractivity contribution in [3.05, 3.63) is 17.8 Å². The first kappa shape index (κ1) is 10.2. The van der Waals surface area contributed by atoms with Crippen LogP contribution < -0.4 is 5.32 Å². The highest BCUT2D eigenvalue weighted by Crippen LogP contribution is 2.27. The Labute approximate surface area is 92.1 Å². The molecule has 0 fully saturated rings. The summed E-state index contributed by atoms with van der Waals surface area (Å²) in [5, 5.41) is 10.3. The number of nitrogens with one attached hydrogen (secondary N) is 2. The molecule has 0 saturated carbocycles. The fourth-order valence-corrected chi connectivity index (χ4v) is 2.40. The number of halogens is 2. The number of hydrogen-bond acceptors (Lipinski definition) is 3. The molecule has 0 radical (unpaired) electrons. The van der Waals surface area contributed by atoms with Gasteiger partial charge in [0, 0.05) is 43.6 Å². The molecule has 66 valence electrons. The lowest BCUT2D eigenvalue weighted by Gasteiger charge is -2.04. The van der Waals surface area contributed by atoms with Crippen molar-refractivity contribution in [2.75, 3.05) is 12.4 Å². The molecule has 2 N–H and O–H groups in total. The van der Waals surface area contributed by atoms with Crippen LogP contribution in [0.15, 0.2) is 12.3 Å².